The molecule has 1 saturated carbocycles. The fourth-order valence-corrected chi connectivity index (χ4v) is 4.45. The van der Waals surface area contributed by atoms with Gasteiger partial charge in [0.15, 0.2) is 0 Å². The molecule has 4 aliphatic rings. The van der Waals surface area contributed by atoms with Gasteiger partial charge in [-0.3, -0.25) is 0 Å². The summed E-state index contributed by atoms with van der Waals surface area (Å²) in [4.78, 5) is 11.8. The molecule has 0 unspecified atom stereocenters. The summed E-state index contributed by atoms with van der Waals surface area (Å²) in [6.45, 7) is 8.27. The minimum atomic E-state index is -0.205. The summed E-state index contributed by atoms with van der Waals surface area (Å²) < 4.78 is 11.8. The third-order valence-electron chi connectivity index (χ3n) is 5.59. The normalized spacial score (nSPS) is 53.0. The highest BCUT2D eigenvalue weighted by atomic mass is 16.6. The molecule has 0 aromatic carbocycles. The molecule has 2 aliphatic carbocycles. The Kier molecular flexibility index (Phi) is 1.74. The summed E-state index contributed by atoms with van der Waals surface area (Å²) in [6.07, 6.45) is 5.13. The zero-order valence-electron chi connectivity index (χ0n) is 10.9. The Morgan fingerprint density at radius 3 is 3.06 bits per heavy atom. The van der Waals surface area contributed by atoms with E-state index in [9.17, 15) is 4.79 Å². The number of carbonyl (C=O) groups excluding carboxylic acids is 1. The number of esters is 1. The summed E-state index contributed by atoms with van der Waals surface area (Å²) in [5.74, 6) is 0.219. The number of rotatable bonds is 0. The lowest BCUT2D eigenvalue weighted by atomic mass is 9.78. The molecule has 3 fully saturated rings. The molecular weight excluding hydrogens is 228 g/mol. The van der Waals surface area contributed by atoms with Gasteiger partial charge in [0, 0.05) is 17.4 Å². The van der Waals surface area contributed by atoms with Crippen LogP contribution < -0.4 is 0 Å². The zero-order chi connectivity index (χ0) is 12.7. The monoisotopic (exact) mass is 246 g/mol. The fraction of sp³-hybridized carbons (Fsp3) is 0.667. The molecule has 0 radical (unpaired) electrons. The highest BCUT2D eigenvalue weighted by Gasteiger charge is 2.75. The van der Waals surface area contributed by atoms with E-state index in [0.29, 0.717) is 5.57 Å². The van der Waals surface area contributed by atoms with Crippen LogP contribution in [-0.2, 0) is 14.3 Å². The molecule has 2 aliphatic heterocycles. The molecule has 5 atom stereocenters. The molecule has 18 heavy (non-hydrogen) atoms. The van der Waals surface area contributed by atoms with E-state index in [1.54, 1.807) is 0 Å². The Balaban J connectivity index is 1.81. The summed E-state index contributed by atoms with van der Waals surface area (Å²) in [5, 5.41) is 0. The minimum absolute atomic E-state index is 0.0248. The summed E-state index contributed by atoms with van der Waals surface area (Å²) in [6, 6.07) is 0. The van der Waals surface area contributed by atoms with Crippen molar-refractivity contribution >= 4 is 5.97 Å². The lowest BCUT2D eigenvalue weighted by Crippen LogP contribution is -2.37. The van der Waals surface area contributed by atoms with Crippen molar-refractivity contribution in [3.05, 3.63) is 23.8 Å². The van der Waals surface area contributed by atoms with Crippen LogP contribution in [0.3, 0.4) is 0 Å². The van der Waals surface area contributed by atoms with Crippen molar-refractivity contribution < 1.29 is 14.3 Å². The van der Waals surface area contributed by atoms with Crippen molar-refractivity contribution in [1.29, 1.82) is 0 Å². The van der Waals surface area contributed by atoms with Crippen LogP contribution in [0.4, 0.5) is 0 Å². The van der Waals surface area contributed by atoms with Gasteiger partial charge in [0.1, 0.15) is 11.7 Å². The molecule has 4 rings (SSSR count). The first-order valence-electron chi connectivity index (χ1n) is 6.75. The number of fused-ring (bicyclic) bond motifs is 2. The van der Waals surface area contributed by atoms with Crippen LogP contribution in [0.15, 0.2) is 23.8 Å². The molecule has 0 bridgehead atoms. The van der Waals surface area contributed by atoms with Gasteiger partial charge < -0.3 is 9.47 Å². The SMILES string of the molecule is C=C1C(=O)O[C@H]2[C@H]3C(C)=CC[C@@]34O[C@@]4(C)CC[C@@H]12. The summed E-state index contributed by atoms with van der Waals surface area (Å²) >= 11 is 0. The number of hydrogen-bond donors (Lipinski definition) is 0. The van der Waals surface area contributed by atoms with Gasteiger partial charge in [0.2, 0.25) is 0 Å². The van der Waals surface area contributed by atoms with Gasteiger partial charge in [0.25, 0.3) is 0 Å². The van der Waals surface area contributed by atoms with E-state index in [1.807, 2.05) is 0 Å². The van der Waals surface area contributed by atoms with Crippen molar-refractivity contribution in [3.63, 3.8) is 0 Å². The van der Waals surface area contributed by atoms with Crippen molar-refractivity contribution in [2.75, 3.05) is 0 Å². The fourth-order valence-electron chi connectivity index (χ4n) is 4.45. The van der Waals surface area contributed by atoms with Gasteiger partial charge in [-0.25, -0.2) is 4.79 Å². The summed E-state index contributed by atoms with van der Waals surface area (Å²) in [5.41, 5.74) is 1.86. The van der Waals surface area contributed by atoms with Crippen LogP contribution in [0.2, 0.25) is 0 Å². The molecule has 2 heterocycles. The number of epoxide rings is 1. The van der Waals surface area contributed by atoms with E-state index in [-0.39, 0.29) is 35.1 Å². The third-order valence-corrected chi connectivity index (χ3v) is 5.59. The van der Waals surface area contributed by atoms with Crippen LogP contribution >= 0.6 is 0 Å². The summed E-state index contributed by atoms with van der Waals surface area (Å²) in [7, 11) is 0. The Labute approximate surface area is 107 Å². The van der Waals surface area contributed by atoms with E-state index in [2.05, 4.69) is 26.5 Å². The largest absolute Gasteiger partial charge is 0.458 e. The number of ether oxygens (including phenoxy) is 2. The number of carbonyl (C=O) groups is 1. The van der Waals surface area contributed by atoms with E-state index in [0.717, 1.165) is 19.3 Å². The van der Waals surface area contributed by atoms with Gasteiger partial charge in [-0.1, -0.05) is 18.2 Å². The quantitative estimate of drug-likeness (QED) is 0.285. The molecule has 0 aromatic heterocycles. The van der Waals surface area contributed by atoms with Crippen molar-refractivity contribution in [2.45, 2.75) is 50.4 Å². The van der Waals surface area contributed by atoms with Gasteiger partial charge in [-0.15, -0.1) is 0 Å². The first-order chi connectivity index (χ1) is 8.48. The van der Waals surface area contributed by atoms with E-state index < -0.39 is 0 Å². The highest BCUT2D eigenvalue weighted by Crippen LogP contribution is 2.67. The second-order valence-corrected chi connectivity index (χ2v) is 6.39. The molecule has 0 N–H and O–H groups in total. The predicted octanol–water partition coefficient (Wildman–Crippen LogP) is 2.37. The maximum Gasteiger partial charge on any atom is 0.334 e. The Hall–Kier alpha value is -1.09. The molecule has 96 valence electrons. The third kappa shape index (κ3) is 0.993. The Morgan fingerprint density at radius 2 is 2.28 bits per heavy atom. The molecule has 1 spiro atoms. The molecule has 3 heteroatoms. The molecule has 0 amide bonds. The van der Waals surface area contributed by atoms with Crippen LogP contribution in [0.25, 0.3) is 0 Å². The first-order valence-corrected chi connectivity index (χ1v) is 6.75. The van der Waals surface area contributed by atoms with Gasteiger partial charge in [-0.2, -0.15) is 0 Å². The maximum absolute atomic E-state index is 11.8. The number of hydrogen-bond acceptors (Lipinski definition) is 3. The van der Waals surface area contributed by atoms with Crippen molar-refractivity contribution in [3.8, 4) is 0 Å². The van der Waals surface area contributed by atoms with Gasteiger partial charge in [0.05, 0.1) is 5.60 Å². The second kappa shape index (κ2) is 2.90. The van der Waals surface area contributed by atoms with Crippen LogP contribution in [-0.4, -0.2) is 23.3 Å². The second-order valence-electron chi connectivity index (χ2n) is 6.39. The zero-order valence-corrected chi connectivity index (χ0v) is 10.9. The van der Waals surface area contributed by atoms with Gasteiger partial charge in [-0.05, 0) is 33.1 Å². The standard InChI is InChI=1S/C15H18O3/c1-8-4-7-15-11(8)12-10(9(2)13(16)17-12)5-6-14(15,3)18-15/h4,10-12H,2,5-7H2,1,3H3/t10-,11+,12+,14-,15+/m0/s1. The topological polar surface area (TPSA) is 38.8 Å². The molecule has 2 saturated heterocycles. The van der Waals surface area contributed by atoms with E-state index in [4.69, 9.17) is 9.47 Å². The van der Waals surface area contributed by atoms with Crippen LogP contribution in [0.1, 0.15) is 33.1 Å². The molecule has 3 nitrogen and oxygen atoms in total. The maximum atomic E-state index is 11.8. The smallest absolute Gasteiger partial charge is 0.334 e. The van der Waals surface area contributed by atoms with Gasteiger partial charge >= 0.3 is 5.97 Å². The van der Waals surface area contributed by atoms with E-state index >= 15 is 0 Å². The van der Waals surface area contributed by atoms with Crippen molar-refractivity contribution in [1.82, 2.24) is 0 Å². The van der Waals surface area contributed by atoms with E-state index in [1.165, 1.54) is 5.57 Å². The average Bonchev–Trinajstić information content (AvgIpc) is 2.65. The van der Waals surface area contributed by atoms with Crippen LogP contribution in [0.5, 0.6) is 0 Å². The average molecular weight is 246 g/mol. The molecular formula is C15H18O3. The van der Waals surface area contributed by atoms with Crippen LogP contribution in [0, 0.1) is 11.8 Å². The highest BCUT2D eigenvalue weighted by molar-refractivity contribution is 5.91. The Bertz CT molecular complexity index is 506. The molecule has 0 aromatic rings. The first kappa shape index (κ1) is 10.8. The predicted molar refractivity (Wildman–Crippen MR) is 65.8 cm³/mol. The van der Waals surface area contributed by atoms with Crippen molar-refractivity contribution in [2.24, 2.45) is 11.8 Å². The minimum Gasteiger partial charge on any atom is -0.458 e. The lowest BCUT2D eigenvalue weighted by Gasteiger charge is -2.26. The lowest BCUT2D eigenvalue weighted by molar-refractivity contribution is -0.141. The Morgan fingerprint density at radius 1 is 1.50 bits per heavy atom.